The first-order valence-electron chi connectivity index (χ1n) is 10.6. The number of fused-ring (bicyclic) bond motifs is 1. The molecule has 0 spiro atoms. The van der Waals surface area contributed by atoms with E-state index in [0.29, 0.717) is 43.4 Å². The van der Waals surface area contributed by atoms with Crippen LogP contribution < -0.4 is 10.1 Å². The van der Waals surface area contributed by atoms with Crippen LogP contribution in [0, 0.1) is 12.7 Å². The number of benzene rings is 1. The number of ether oxygens (including phenoxy) is 2. The topological polar surface area (TPSA) is 89.4 Å². The lowest BCUT2D eigenvalue weighted by atomic mass is 9.86. The Bertz CT molecular complexity index is 1100. The molecule has 1 aromatic carbocycles. The fourth-order valence-electron chi connectivity index (χ4n) is 4.16. The number of rotatable bonds is 5. The minimum Gasteiger partial charge on any atom is -0.474 e. The third-order valence-corrected chi connectivity index (χ3v) is 6.08. The van der Waals surface area contributed by atoms with E-state index in [0.717, 1.165) is 35.5 Å². The molecule has 1 aliphatic heterocycles. The highest BCUT2D eigenvalue weighted by molar-refractivity contribution is 5.79. The number of anilines is 1. The minimum atomic E-state index is -1.18. The van der Waals surface area contributed by atoms with Crippen molar-refractivity contribution in [3.05, 3.63) is 53.6 Å². The highest BCUT2D eigenvalue weighted by atomic mass is 19.1. The fourth-order valence-corrected chi connectivity index (χ4v) is 4.16. The fraction of sp³-hybridized carbons (Fsp3) is 0.435. The van der Waals surface area contributed by atoms with Crippen LogP contribution in [0.4, 0.5) is 10.3 Å². The third kappa shape index (κ3) is 4.18. The second kappa shape index (κ2) is 8.01. The molecule has 162 valence electrons. The first-order chi connectivity index (χ1) is 15.0. The van der Waals surface area contributed by atoms with Crippen LogP contribution in [0.5, 0.6) is 5.88 Å². The summed E-state index contributed by atoms with van der Waals surface area (Å²) in [5.41, 5.74) is 1.29. The van der Waals surface area contributed by atoms with Crippen molar-refractivity contribution in [1.29, 1.82) is 0 Å². The van der Waals surface area contributed by atoms with Crippen LogP contribution in [0.15, 0.2) is 36.7 Å². The Balaban J connectivity index is 1.24. The van der Waals surface area contributed by atoms with Crippen LogP contribution >= 0.6 is 0 Å². The summed E-state index contributed by atoms with van der Waals surface area (Å²) in [6.07, 6.45) is 5.15. The molecule has 31 heavy (non-hydrogen) atoms. The lowest BCUT2D eigenvalue weighted by Gasteiger charge is -2.38. The predicted molar refractivity (Wildman–Crippen MR) is 113 cm³/mol. The minimum absolute atomic E-state index is 0.0691. The molecule has 0 radical (unpaired) electrons. The number of aryl methyl sites for hydroxylation is 1. The number of nitrogens with zero attached hydrogens (tertiary/aromatic N) is 3. The lowest BCUT2D eigenvalue weighted by Crippen LogP contribution is -2.43. The number of aliphatic hydroxyl groups is 1. The zero-order chi connectivity index (χ0) is 21.4. The molecular weight excluding hydrogens is 399 g/mol. The van der Waals surface area contributed by atoms with Gasteiger partial charge in [0.15, 0.2) is 0 Å². The molecule has 5 rings (SSSR count). The molecule has 8 heteroatoms. The van der Waals surface area contributed by atoms with E-state index in [-0.39, 0.29) is 12.1 Å². The number of pyridine rings is 1. The molecule has 0 unspecified atom stereocenters. The summed E-state index contributed by atoms with van der Waals surface area (Å²) in [5.74, 6) is 0.407. The van der Waals surface area contributed by atoms with E-state index in [9.17, 15) is 9.50 Å². The van der Waals surface area contributed by atoms with Crippen molar-refractivity contribution in [3.63, 3.8) is 0 Å². The Morgan fingerprint density at radius 1 is 1.16 bits per heavy atom. The largest absolute Gasteiger partial charge is 0.474 e. The van der Waals surface area contributed by atoms with E-state index in [4.69, 9.17) is 9.47 Å². The van der Waals surface area contributed by atoms with Gasteiger partial charge in [-0.1, -0.05) is 12.1 Å². The van der Waals surface area contributed by atoms with Crippen molar-refractivity contribution in [2.75, 3.05) is 18.5 Å². The monoisotopic (exact) mass is 424 g/mol. The summed E-state index contributed by atoms with van der Waals surface area (Å²) in [4.78, 5) is 13.1. The molecule has 0 amide bonds. The van der Waals surface area contributed by atoms with E-state index < -0.39 is 11.4 Å². The average Bonchev–Trinajstić information content (AvgIpc) is 2.73. The molecule has 2 fully saturated rings. The van der Waals surface area contributed by atoms with E-state index in [1.54, 1.807) is 0 Å². The van der Waals surface area contributed by atoms with E-state index >= 15 is 0 Å². The molecule has 3 heterocycles. The maximum atomic E-state index is 13.9. The van der Waals surface area contributed by atoms with Crippen LogP contribution in [0.3, 0.4) is 0 Å². The summed E-state index contributed by atoms with van der Waals surface area (Å²) in [6.45, 7) is 2.89. The standard InChI is InChI=1S/C23H25FN4O3/c1-14-2-3-15-12-26-22(28-20(15)8-14)27-17-10-18(11-17)31-21-19(9-16(24)13-25-21)23(29)4-6-30-7-5-23/h2-3,8-9,12-13,17-18,29H,4-7,10-11H2,1H3,(H,26,27,28). The molecule has 0 atom stereocenters. The summed E-state index contributed by atoms with van der Waals surface area (Å²) in [6, 6.07) is 7.61. The van der Waals surface area contributed by atoms with Gasteiger partial charge in [0.1, 0.15) is 11.9 Å². The summed E-state index contributed by atoms with van der Waals surface area (Å²) in [5, 5.41) is 15.4. The van der Waals surface area contributed by atoms with E-state index in [2.05, 4.69) is 20.3 Å². The zero-order valence-electron chi connectivity index (χ0n) is 17.3. The predicted octanol–water partition coefficient (Wildman–Crippen LogP) is 3.49. The molecular formula is C23H25FN4O3. The van der Waals surface area contributed by atoms with E-state index in [1.807, 2.05) is 31.3 Å². The van der Waals surface area contributed by atoms with Crippen LogP contribution in [0.25, 0.3) is 10.9 Å². The van der Waals surface area contributed by atoms with Crippen molar-refractivity contribution < 1.29 is 19.0 Å². The Labute approximate surface area is 179 Å². The van der Waals surface area contributed by atoms with Crippen LogP contribution in [0.1, 0.15) is 36.8 Å². The van der Waals surface area contributed by atoms with Gasteiger partial charge in [-0.3, -0.25) is 0 Å². The first-order valence-corrected chi connectivity index (χ1v) is 10.6. The first kappa shape index (κ1) is 20.1. The zero-order valence-corrected chi connectivity index (χ0v) is 17.3. The van der Waals surface area contributed by atoms with Gasteiger partial charge in [-0.05, 0) is 24.6 Å². The second-order valence-corrected chi connectivity index (χ2v) is 8.46. The van der Waals surface area contributed by atoms with Crippen molar-refractivity contribution in [1.82, 2.24) is 15.0 Å². The number of aromatic nitrogens is 3. The van der Waals surface area contributed by atoms with Gasteiger partial charge in [0, 0.05) is 62.1 Å². The SMILES string of the molecule is Cc1ccc2cnc(NC3CC(Oc4ncc(F)cc4C4(O)CCOCC4)C3)nc2c1. The maximum Gasteiger partial charge on any atom is 0.223 e. The van der Waals surface area contributed by atoms with Crippen molar-refractivity contribution >= 4 is 16.9 Å². The highest BCUT2D eigenvalue weighted by Gasteiger charge is 2.38. The molecule has 2 aliphatic rings. The summed E-state index contributed by atoms with van der Waals surface area (Å²) < 4.78 is 25.2. The van der Waals surface area contributed by atoms with Crippen molar-refractivity contribution in [3.8, 4) is 5.88 Å². The van der Waals surface area contributed by atoms with Gasteiger partial charge >= 0.3 is 0 Å². The number of halogens is 1. The number of hydrogen-bond acceptors (Lipinski definition) is 7. The highest BCUT2D eigenvalue weighted by Crippen LogP contribution is 2.38. The maximum absolute atomic E-state index is 13.9. The smallest absolute Gasteiger partial charge is 0.223 e. The van der Waals surface area contributed by atoms with Gasteiger partial charge in [0.05, 0.1) is 17.3 Å². The molecule has 0 bridgehead atoms. The quantitative estimate of drug-likeness (QED) is 0.648. The Morgan fingerprint density at radius 2 is 1.97 bits per heavy atom. The van der Waals surface area contributed by atoms with Crippen LogP contribution in [0.2, 0.25) is 0 Å². The number of nitrogens with one attached hydrogen (secondary N) is 1. The molecule has 2 aromatic heterocycles. The van der Waals surface area contributed by atoms with Gasteiger partial charge in [-0.2, -0.15) is 0 Å². The van der Waals surface area contributed by atoms with Gasteiger partial charge < -0.3 is 19.9 Å². The van der Waals surface area contributed by atoms with Gasteiger partial charge in [0.2, 0.25) is 11.8 Å². The molecule has 3 aromatic rings. The molecule has 7 nitrogen and oxygen atoms in total. The van der Waals surface area contributed by atoms with Crippen molar-refractivity contribution in [2.45, 2.75) is 50.4 Å². The third-order valence-electron chi connectivity index (χ3n) is 6.08. The molecule has 1 saturated carbocycles. The summed E-state index contributed by atoms with van der Waals surface area (Å²) >= 11 is 0. The van der Waals surface area contributed by atoms with Gasteiger partial charge in [-0.15, -0.1) is 0 Å². The van der Waals surface area contributed by atoms with Crippen LogP contribution in [-0.2, 0) is 10.3 Å². The summed E-state index contributed by atoms with van der Waals surface area (Å²) in [7, 11) is 0. The molecule has 2 N–H and O–H groups in total. The van der Waals surface area contributed by atoms with E-state index in [1.165, 1.54) is 6.07 Å². The molecule has 1 saturated heterocycles. The number of hydrogen-bond donors (Lipinski definition) is 2. The Hall–Kier alpha value is -2.84. The van der Waals surface area contributed by atoms with Crippen LogP contribution in [-0.4, -0.2) is 45.4 Å². The average molecular weight is 424 g/mol. The normalized spacial score (nSPS) is 22.7. The van der Waals surface area contributed by atoms with Crippen molar-refractivity contribution in [2.24, 2.45) is 0 Å². The Kier molecular flexibility index (Phi) is 5.19. The Morgan fingerprint density at radius 3 is 2.77 bits per heavy atom. The molecule has 1 aliphatic carbocycles. The lowest BCUT2D eigenvalue weighted by molar-refractivity contribution is -0.0706. The second-order valence-electron chi connectivity index (χ2n) is 8.46. The van der Waals surface area contributed by atoms with Gasteiger partial charge in [-0.25, -0.2) is 19.3 Å². The van der Waals surface area contributed by atoms with Gasteiger partial charge in [0.25, 0.3) is 0 Å².